The van der Waals surface area contributed by atoms with Crippen LogP contribution in [-0.4, -0.2) is 46.2 Å². The molecule has 8 nitrogen and oxygen atoms in total. The second-order valence-corrected chi connectivity index (χ2v) is 7.35. The summed E-state index contributed by atoms with van der Waals surface area (Å²) < 4.78 is 5.85. The van der Waals surface area contributed by atoms with E-state index < -0.39 is 0 Å². The smallest absolute Gasteiger partial charge is 0.271 e. The van der Waals surface area contributed by atoms with Gasteiger partial charge in [0.15, 0.2) is 0 Å². The molecule has 140 valence electrons. The van der Waals surface area contributed by atoms with Crippen LogP contribution in [0.1, 0.15) is 18.9 Å². The summed E-state index contributed by atoms with van der Waals surface area (Å²) in [5.74, 6) is 1.17. The number of benzene rings is 1. The van der Waals surface area contributed by atoms with Crippen LogP contribution in [0, 0.1) is 10.1 Å². The number of non-ortho nitro benzene ring substituents is 1. The highest BCUT2D eigenvalue weighted by Crippen LogP contribution is 2.28. The van der Waals surface area contributed by atoms with Gasteiger partial charge in [-0.2, -0.15) is 0 Å². The van der Waals surface area contributed by atoms with Crippen molar-refractivity contribution < 1.29 is 9.34 Å². The Morgan fingerprint density at radius 3 is 2.70 bits per heavy atom. The molecule has 1 saturated heterocycles. The number of anilines is 1. The molecule has 0 saturated carbocycles. The van der Waals surface area contributed by atoms with Gasteiger partial charge in [0.05, 0.1) is 15.8 Å². The van der Waals surface area contributed by atoms with Gasteiger partial charge in [-0.15, -0.1) is 21.5 Å². The zero-order valence-electron chi connectivity index (χ0n) is 14.8. The maximum Gasteiger partial charge on any atom is 0.271 e. The number of hydrogen-bond acceptors (Lipinski definition) is 8. The number of hydrogen-bond donors (Lipinski definition) is 0. The minimum Gasteiger partial charge on any atom is -0.418 e. The minimum atomic E-state index is -0.359. The van der Waals surface area contributed by atoms with Crippen LogP contribution in [0.2, 0.25) is 0 Å². The first-order valence-corrected chi connectivity index (χ1v) is 9.60. The Labute approximate surface area is 160 Å². The topological polar surface area (TPSA) is 88.5 Å². The highest BCUT2D eigenvalue weighted by Gasteiger charge is 2.26. The standard InChI is InChI=1S/C18H19N5O3S/c1-13(17-19-20-18(26-17)16-6-3-11-27-16)21-7-9-22(10-8-21)14-4-2-5-15(12-14)23(24)25/h2-6,11-13H,7-10H2,1H3. The van der Waals surface area contributed by atoms with Gasteiger partial charge in [-0.25, -0.2) is 0 Å². The van der Waals surface area contributed by atoms with E-state index in [4.69, 9.17) is 4.42 Å². The first kappa shape index (κ1) is 17.6. The number of aromatic nitrogens is 2. The van der Waals surface area contributed by atoms with E-state index in [0.29, 0.717) is 11.8 Å². The molecule has 1 atom stereocenters. The molecule has 0 N–H and O–H groups in total. The van der Waals surface area contributed by atoms with Crippen molar-refractivity contribution in [2.75, 3.05) is 31.1 Å². The number of nitro groups is 1. The van der Waals surface area contributed by atoms with Gasteiger partial charge < -0.3 is 9.32 Å². The van der Waals surface area contributed by atoms with E-state index in [1.54, 1.807) is 23.5 Å². The fourth-order valence-corrected chi connectivity index (χ4v) is 3.87. The summed E-state index contributed by atoms with van der Waals surface area (Å²) in [6.07, 6.45) is 0. The Kier molecular flexibility index (Phi) is 4.87. The fourth-order valence-electron chi connectivity index (χ4n) is 3.23. The maximum absolute atomic E-state index is 11.0. The third-order valence-corrected chi connectivity index (χ3v) is 5.66. The first-order chi connectivity index (χ1) is 13.1. The van der Waals surface area contributed by atoms with E-state index >= 15 is 0 Å². The first-order valence-electron chi connectivity index (χ1n) is 8.72. The monoisotopic (exact) mass is 385 g/mol. The minimum absolute atomic E-state index is 0.0264. The van der Waals surface area contributed by atoms with E-state index in [1.807, 2.05) is 23.6 Å². The lowest BCUT2D eigenvalue weighted by molar-refractivity contribution is -0.384. The van der Waals surface area contributed by atoms with Crippen LogP contribution in [0.25, 0.3) is 10.8 Å². The quantitative estimate of drug-likeness (QED) is 0.490. The molecule has 27 heavy (non-hydrogen) atoms. The molecule has 0 spiro atoms. The summed E-state index contributed by atoms with van der Waals surface area (Å²) in [6.45, 7) is 5.28. The van der Waals surface area contributed by atoms with Crippen LogP contribution in [0.15, 0.2) is 46.2 Å². The zero-order chi connectivity index (χ0) is 18.8. The molecule has 2 aromatic heterocycles. The summed E-state index contributed by atoms with van der Waals surface area (Å²) in [7, 11) is 0. The van der Waals surface area contributed by atoms with E-state index in [-0.39, 0.29) is 16.7 Å². The Bertz CT molecular complexity index is 919. The average molecular weight is 385 g/mol. The van der Waals surface area contributed by atoms with Crippen LogP contribution in [0.3, 0.4) is 0 Å². The highest BCUT2D eigenvalue weighted by molar-refractivity contribution is 7.13. The van der Waals surface area contributed by atoms with Crippen LogP contribution in [0.5, 0.6) is 0 Å². The molecule has 3 aromatic rings. The van der Waals surface area contributed by atoms with E-state index in [0.717, 1.165) is 36.7 Å². The van der Waals surface area contributed by atoms with Crippen molar-refractivity contribution >= 4 is 22.7 Å². The van der Waals surface area contributed by atoms with Crippen LogP contribution >= 0.6 is 11.3 Å². The predicted molar refractivity (Wildman–Crippen MR) is 103 cm³/mol. The summed E-state index contributed by atoms with van der Waals surface area (Å²) in [6, 6.07) is 10.7. The predicted octanol–water partition coefficient (Wildman–Crippen LogP) is 3.59. The Morgan fingerprint density at radius 2 is 2.00 bits per heavy atom. The lowest BCUT2D eigenvalue weighted by Gasteiger charge is -2.37. The molecule has 0 aliphatic carbocycles. The summed E-state index contributed by atoms with van der Waals surface area (Å²) in [5.41, 5.74) is 1.00. The summed E-state index contributed by atoms with van der Waals surface area (Å²) in [4.78, 5) is 16.0. The van der Waals surface area contributed by atoms with Crippen LogP contribution in [-0.2, 0) is 0 Å². The van der Waals surface area contributed by atoms with Crippen LogP contribution < -0.4 is 4.90 Å². The van der Waals surface area contributed by atoms with E-state index in [9.17, 15) is 10.1 Å². The molecule has 0 amide bonds. The lowest BCUT2D eigenvalue weighted by atomic mass is 10.2. The SMILES string of the molecule is CC(c1nnc(-c2cccs2)o1)N1CCN(c2cccc([N+](=O)[O-])c2)CC1. The lowest BCUT2D eigenvalue weighted by Crippen LogP contribution is -2.47. The van der Waals surface area contributed by atoms with Crippen LogP contribution in [0.4, 0.5) is 11.4 Å². The third-order valence-electron chi connectivity index (χ3n) is 4.80. The van der Waals surface area contributed by atoms with Crippen molar-refractivity contribution in [2.24, 2.45) is 0 Å². The van der Waals surface area contributed by atoms with Gasteiger partial charge in [0.2, 0.25) is 5.89 Å². The second kappa shape index (κ2) is 7.45. The Balaban J connectivity index is 1.40. The molecule has 9 heteroatoms. The fraction of sp³-hybridized carbons (Fsp3) is 0.333. The van der Waals surface area contributed by atoms with Gasteiger partial charge >= 0.3 is 0 Å². The molecule has 0 bridgehead atoms. The largest absolute Gasteiger partial charge is 0.418 e. The van der Waals surface area contributed by atoms with Gasteiger partial charge in [0.1, 0.15) is 0 Å². The van der Waals surface area contributed by atoms with Gasteiger partial charge in [-0.3, -0.25) is 15.0 Å². The van der Waals surface area contributed by atoms with Crippen molar-refractivity contribution in [3.8, 4) is 10.8 Å². The van der Waals surface area contributed by atoms with Crippen molar-refractivity contribution in [1.82, 2.24) is 15.1 Å². The summed E-state index contributed by atoms with van der Waals surface area (Å²) >= 11 is 1.57. The number of rotatable bonds is 5. The second-order valence-electron chi connectivity index (χ2n) is 6.40. The van der Waals surface area contributed by atoms with Gasteiger partial charge in [0.25, 0.3) is 11.6 Å². The highest BCUT2D eigenvalue weighted by atomic mass is 32.1. The van der Waals surface area contributed by atoms with Gasteiger partial charge in [-0.1, -0.05) is 12.1 Å². The van der Waals surface area contributed by atoms with Crippen molar-refractivity contribution in [3.05, 3.63) is 57.8 Å². The maximum atomic E-state index is 11.0. The summed E-state index contributed by atoms with van der Waals surface area (Å²) in [5, 5.41) is 21.3. The normalized spacial score (nSPS) is 16.4. The molecule has 1 aliphatic rings. The van der Waals surface area contributed by atoms with Crippen molar-refractivity contribution in [3.63, 3.8) is 0 Å². The van der Waals surface area contributed by atoms with E-state index in [1.165, 1.54) is 6.07 Å². The number of piperazine rings is 1. The average Bonchev–Trinajstić information content (AvgIpc) is 3.39. The van der Waals surface area contributed by atoms with Crippen molar-refractivity contribution in [1.29, 1.82) is 0 Å². The molecule has 4 rings (SSSR count). The van der Waals surface area contributed by atoms with Crippen molar-refractivity contribution in [2.45, 2.75) is 13.0 Å². The van der Waals surface area contributed by atoms with Gasteiger partial charge in [0, 0.05) is 44.0 Å². The molecular weight excluding hydrogens is 366 g/mol. The Morgan fingerprint density at radius 1 is 1.19 bits per heavy atom. The molecule has 1 aromatic carbocycles. The molecule has 1 unspecified atom stereocenters. The molecule has 3 heterocycles. The molecule has 1 fully saturated rings. The van der Waals surface area contributed by atoms with E-state index in [2.05, 4.69) is 26.9 Å². The number of nitrogens with zero attached hydrogens (tertiary/aromatic N) is 5. The third kappa shape index (κ3) is 3.69. The number of thiophene rings is 1. The molecular formula is C18H19N5O3S. The molecule has 1 aliphatic heterocycles. The number of nitro benzene ring substituents is 1. The Hall–Kier alpha value is -2.78. The zero-order valence-corrected chi connectivity index (χ0v) is 15.6. The van der Waals surface area contributed by atoms with Gasteiger partial charge in [-0.05, 0) is 24.4 Å². The molecule has 0 radical (unpaired) electrons.